The Balaban J connectivity index is 2.45. The van der Waals surface area contributed by atoms with E-state index in [2.05, 4.69) is 10.4 Å². The minimum Gasteiger partial charge on any atom is -0.394 e. The summed E-state index contributed by atoms with van der Waals surface area (Å²) in [7, 11) is 0. The fraction of sp³-hybridized carbons (Fsp3) is 0.357. The van der Waals surface area contributed by atoms with Crippen LogP contribution in [0.2, 0.25) is 0 Å². The highest BCUT2D eigenvalue weighted by Crippen LogP contribution is 2.30. The lowest BCUT2D eigenvalue weighted by Gasteiger charge is -2.14. The van der Waals surface area contributed by atoms with Crippen molar-refractivity contribution in [1.82, 2.24) is 9.78 Å². The van der Waals surface area contributed by atoms with E-state index >= 15 is 0 Å². The summed E-state index contributed by atoms with van der Waals surface area (Å²) in [5, 5.41) is 7.42. The molecule has 0 amide bonds. The normalized spacial score (nSPS) is 11.1. The van der Waals surface area contributed by atoms with E-state index in [1.54, 1.807) is 16.8 Å². The van der Waals surface area contributed by atoms with E-state index in [1.165, 1.54) is 6.07 Å². The van der Waals surface area contributed by atoms with E-state index in [1.807, 2.05) is 27.7 Å². The molecule has 0 saturated heterocycles. The molecule has 102 valence electrons. The minimum atomic E-state index is -0.306. The average molecular weight is 262 g/mol. The van der Waals surface area contributed by atoms with Gasteiger partial charge in [0.05, 0.1) is 17.1 Å². The van der Waals surface area contributed by atoms with Gasteiger partial charge in [-0.15, -0.1) is 0 Å². The number of aryl methyl sites for hydroxylation is 2. The van der Waals surface area contributed by atoms with E-state index in [0.717, 1.165) is 11.3 Å². The van der Waals surface area contributed by atoms with Crippen LogP contribution in [0.4, 0.5) is 21.6 Å². The topological polar surface area (TPSA) is 55.9 Å². The van der Waals surface area contributed by atoms with Crippen LogP contribution >= 0.6 is 0 Å². The van der Waals surface area contributed by atoms with Crippen molar-refractivity contribution in [1.29, 1.82) is 0 Å². The highest BCUT2D eigenvalue weighted by Gasteiger charge is 2.16. The van der Waals surface area contributed by atoms with Gasteiger partial charge in [-0.2, -0.15) is 5.10 Å². The van der Waals surface area contributed by atoms with Gasteiger partial charge in [0.1, 0.15) is 5.82 Å². The minimum absolute atomic E-state index is 0.145. The van der Waals surface area contributed by atoms with Crippen molar-refractivity contribution in [2.75, 3.05) is 11.1 Å². The molecule has 1 aromatic carbocycles. The Kier molecular flexibility index (Phi) is 3.46. The number of halogens is 1. The van der Waals surface area contributed by atoms with Gasteiger partial charge in [0.2, 0.25) is 0 Å². The number of hydrogen-bond donors (Lipinski definition) is 2. The van der Waals surface area contributed by atoms with Crippen molar-refractivity contribution in [2.24, 2.45) is 0 Å². The maximum atomic E-state index is 13.8. The molecule has 0 aliphatic rings. The molecule has 1 aromatic heterocycles. The van der Waals surface area contributed by atoms with Crippen molar-refractivity contribution < 1.29 is 4.39 Å². The van der Waals surface area contributed by atoms with Gasteiger partial charge in [-0.25, -0.2) is 9.07 Å². The summed E-state index contributed by atoms with van der Waals surface area (Å²) in [5.74, 6) is 0.330. The molecule has 1 heterocycles. The summed E-state index contributed by atoms with van der Waals surface area (Å²) in [6.45, 7) is 7.76. The number of nitrogen functional groups attached to an aromatic ring is 1. The number of nitrogens with two attached hydrogens (primary N) is 1. The molecule has 0 unspecified atom stereocenters. The van der Waals surface area contributed by atoms with Crippen molar-refractivity contribution in [3.8, 4) is 0 Å². The molecular weight excluding hydrogens is 243 g/mol. The summed E-state index contributed by atoms with van der Waals surface area (Å²) in [4.78, 5) is 0. The molecule has 0 spiro atoms. The first-order valence-electron chi connectivity index (χ1n) is 6.28. The van der Waals surface area contributed by atoms with Crippen LogP contribution in [0.25, 0.3) is 0 Å². The predicted molar refractivity (Wildman–Crippen MR) is 76.2 cm³/mol. The first-order chi connectivity index (χ1) is 8.90. The number of rotatable bonds is 3. The first-order valence-corrected chi connectivity index (χ1v) is 6.28. The van der Waals surface area contributed by atoms with Crippen LogP contribution in [0.15, 0.2) is 18.2 Å². The van der Waals surface area contributed by atoms with Gasteiger partial charge >= 0.3 is 0 Å². The Labute approximate surface area is 112 Å². The number of aromatic nitrogens is 2. The van der Waals surface area contributed by atoms with E-state index in [9.17, 15) is 4.39 Å². The second-order valence-electron chi connectivity index (χ2n) is 4.99. The van der Waals surface area contributed by atoms with E-state index in [4.69, 9.17) is 5.73 Å². The zero-order chi connectivity index (χ0) is 14.2. The SMILES string of the molecule is Cc1ccc(F)c(Nc2c(N)c(C)nn2C(C)C)c1. The molecule has 3 N–H and O–H groups in total. The predicted octanol–water partition coefficient (Wildman–Crippen LogP) is 3.55. The number of anilines is 3. The lowest BCUT2D eigenvalue weighted by atomic mass is 10.2. The second kappa shape index (κ2) is 4.91. The summed E-state index contributed by atoms with van der Waals surface area (Å²) >= 11 is 0. The van der Waals surface area contributed by atoms with Crippen LogP contribution in [0.3, 0.4) is 0 Å². The van der Waals surface area contributed by atoms with Gasteiger partial charge in [0, 0.05) is 6.04 Å². The van der Waals surface area contributed by atoms with Gasteiger partial charge in [0.25, 0.3) is 0 Å². The number of nitrogens with one attached hydrogen (secondary N) is 1. The third-order valence-electron chi connectivity index (χ3n) is 3.00. The average Bonchev–Trinajstić information content (AvgIpc) is 2.62. The smallest absolute Gasteiger partial charge is 0.152 e. The van der Waals surface area contributed by atoms with Gasteiger partial charge in [-0.05, 0) is 45.4 Å². The fourth-order valence-corrected chi connectivity index (χ4v) is 1.92. The number of benzene rings is 1. The number of nitrogens with zero attached hydrogens (tertiary/aromatic N) is 2. The zero-order valence-electron chi connectivity index (χ0n) is 11.7. The first kappa shape index (κ1) is 13.4. The van der Waals surface area contributed by atoms with E-state index < -0.39 is 0 Å². The summed E-state index contributed by atoms with van der Waals surface area (Å²) in [6.07, 6.45) is 0. The highest BCUT2D eigenvalue weighted by atomic mass is 19.1. The molecule has 0 bridgehead atoms. The van der Waals surface area contributed by atoms with Crippen LogP contribution in [0.5, 0.6) is 0 Å². The molecular formula is C14H19FN4. The van der Waals surface area contributed by atoms with E-state index in [0.29, 0.717) is 17.2 Å². The maximum Gasteiger partial charge on any atom is 0.152 e. The van der Waals surface area contributed by atoms with Crippen LogP contribution in [0, 0.1) is 19.7 Å². The number of hydrogen-bond acceptors (Lipinski definition) is 3. The monoisotopic (exact) mass is 262 g/mol. The Hall–Kier alpha value is -2.04. The van der Waals surface area contributed by atoms with Gasteiger partial charge < -0.3 is 11.1 Å². The molecule has 5 heteroatoms. The summed E-state index contributed by atoms with van der Waals surface area (Å²) in [5.41, 5.74) is 8.69. The molecule has 0 fully saturated rings. The summed E-state index contributed by atoms with van der Waals surface area (Å²) < 4.78 is 15.6. The highest BCUT2D eigenvalue weighted by molar-refractivity contribution is 5.71. The maximum absolute atomic E-state index is 13.8. The standard InChI is InChI=1S/C14H19FN4/c1-8(2)19-14(13(16)10(4)18-19)17-12-7-9(3)5-6-11(12)15/h5-8,17H,16H2,1-4H3. The molecule has 4 nitrogen and oxygen atoms in total. The fourth-order valence-electron chi connectivity index (χ4n) is 1.92. The van der Waals surface area contributed by atoms with Gasteiger partial charge in [-0.3, -0.25) is 0 Å². The largest absolute Gasteiger partial charge is 0.394 e. The molecule has 0 aliphatic heterocycles. The van der Waals surface area contributed by atoms with Crippen molar-refractivity contribution in [2.45, 2.75) is 33.7 Å². The van der Waals surface area contributed by atoms with Crippen LogP contribution in [-0.4, -0.2) is 9.78 Å². The quantitative estimate of drug-likeness (QED) is 0.889. The molecule has 0 saturated carbocycles. The Morgan fingerprint density at radius 3 is 2.63 bits per heavy atom. The van der Waals surface area contributed by atoms with Gasteiger partial charge in [0.15, 0.2) is 5.82 Å². The summed E-state index contributed by atoms with van der Waals surface area (Å²) in [6, 6.07) is 5.07. The second-order valence-corrected chi connectivity index (χ2v) is 4.99. The molecule has 0 radical (unpaired) electrons. The lowest BCUT2D eigenvalue weighted by molar-refractivity contribution is 0.536. The third-order valence-corrected chi connectivity index (χ3v) is 3.00. The van der Waals surface area contributed by atoms with Crippen molar-refractivity contribution >= 4 is 17.2 Å². The van der Waals surface area contributed by atoms with Crippen LogP contribution < -0.4 is 11.1 Å². The molecule has 2 rings (SSSR count). The lowest BCUT2D eigenvalue weighted by Crippen LogP contribution is -2.09. The molecule has 0 aliphatic carbocycles. The van der Waals surface area contributed by atoms with Crippen molar-refractivity contribution in [3.63, 3.8) is 0 Å². The molecule has 19 heavy (non-hydrogen) atoms. The third kappa shape index (κ3) is 2.54. The Bertz CT molecular complexity index is 602. The van der Waals surface area contributed by atoms with Gasteiger partial charge in [-0.1, -0.05) is 6.07 Å². The molecule has 2 aromatic rings. The molecule has 0 atom stereocenters. The van der Waals surface area contributed by atoms with E-state index in [-0.39, 0.29) is 11.9 Å². The van der Waals surface area contributed by atoms with Crippen molar-refractivity contribution in [3.05, 3.63) is 35.3 Å². The Morgan fingerprint density at radius 2 is 2.00 bits per heavy atom. The van der Waals surface area contributed by atoms with Crippen LogP contribution in [0.1, 0.15) is 31.1 Å². The zero-order valence-corrected chi connectivity index (χ0v) is 11.7. The van der Waals surface area contributed by atoms with Crippen LogP contribution in [-0.2, 0) is 0 Å². The Morgan fingerprint density at radius 1 is 1.32 bits per heavy atom.